The number of furan rings is 1. The highest BCUT2D eigenvalue weighted by Crippen LogP contribution is 2.17. The molecule has 15 heavy (non-hydrogen) atoms. The van der Waals surface area contributed by atoms with E-state index in [2.05, 4.69) is 28.2 Å². The number of carbonyl (C=O) groups excluding carboxylic acids is 1. The van der Waals surface area contributed by atoms with Crippen molar-refractivity contribution in [2.24, 2.45) is 0 Å². The fourth-order valence-electron chi connectivity index (χ4n) is 1.34. The molecule has 1 aromatic rings. The Hall–Kier alpha value is -0.770. The fourth-order valence-corrected chi connectivity index (χ4v) is 1.76. The first-order valence-corrected chi connectivity index (χ1v) is 5.98. The van der Waals surface area contributed by atoms with Gasteiger partial charge in [0.1, 0.15) is 0 Å². The molecular formula is C11H16BrNO2. The molecule has 3 nitrogen and oxygen atoms in total. The van der Waals surface area contributed by atoms with Crippen LogP contribution in [0.4, 0.5) is 0 Å². The van der Waals surface area contributed by atoms with Gasteiger partial charge in [0.05, 0.1) is 11.8 Å². The summed E-state index contributed by atoms with van der Waals surface area (Å²) in [5.74, 6) is -0.0840. The van der Waals surface area contributed by atoms with Crippen LogP contribution in [-0.2, 0) is 0 Å². The van der Waals surface area contributed by atoms with Crippen molar-refractivity contribution in [2.75, 3.05) is 0 Å². The summed E-state index contributed by atoms with van der Waals surface area (Å²) in [7, 11) is 0. The molecule has 1 atom stereocenters. The molecule has 0 saturated carbocycles. The molecule has 0 aliphatic rings. The Morgan fingerprint density at radius 3 is 2.93 bits per heavy atom. The number of halogens is 1. The Morgan fingerprint density at radius 1 is 1.67 bits per heavy atom. The van der Waals surface area contributed by atoms with Crippen LogP contribution in [0.25, 0.3) is 0 Å². The molecule has 1 rings (SSSR count). The predicted molar refractivity (Wildman–Crippen MR) is 62.9 cm³/mol. The molecule has 1 unspecified atom stereocenters. The fraction of sp³-hybridized carbons (Fsp3) is 0.545. The SMILES string of the molecule is CCCCC(C)NC(=O)c1ccoc1Br. The van der Waals surface area contributed by atoms with Crippen LogP contribution < -0.4 is 5.32 Å². The van der Waals surface area contributed by atoms with Gasteiger partial charge in [0.2, 0.25) is 0 Å². The number of unbranched alkanes of at least 4 members (excludes halogenated alkanes) is 1. The van der Waals surface area contributed by atoms with E-state index in [0.29, 0.717) is 10.2 Å². The second-order valence-electron chi connectivity index (χ2n) is 3.62. The second-order valence-corrected chi connectivity index (χ2v) is 4.34. The molecule has 0 radical (unpaired) electrons. The standard InChI is InChI=1S/C11H16BrNO2/c1-3-4-5-8(2)13-11(14)9-6-7-15-10(9)12/h6-8H,3-5H2,1-2H3,(H,13,14). The maximum atomic E-state index is 11.7. The van der Waals surface area contributed by atoms with Gasteiger partial charge in [-0.15, -0.1) is 0 Å². The van der Waals surface area contributed by atoms with E-state index in [0.717, 1.165) is 19.3 Å². The molecule has 1 N–H and O–H groups in total. The Balaban J connectivity index is 2.46. The molecule has 0 aromatic carbocycles. The quantitative estimate of drug-likeness (QED) is 0.894. The lowest BCUT2D eigenvalue weighted by molar-refractivity contribution is 0.0936. The molecule has 4 heteroatoms. The number of hydrogen-bond donors (Lipinski definition) is 1. The Labute approximate surface area is 98.4 Å². The summed E-state index contributed by atoms with van der Waals surface area (Å²) in [5, 5.41) is 2.93. The minimum Gasteiger partial charge on any atom is -0.457 e. The molecule has 0 saturated heterocycles. The van der Waals surface area contributed by atoms with Gasteiger partial charge in [-0.25, -0.2) is 0 Å². The zero-order valence-corrected chi connectivity index (χ0v) is 10.6. The molecule has 0 aliphatic carbocycles. The highest BCUT2D eigenvalue weighted by atomic mass is 79.9. The van der Waals surface area contributed by atoms with Crippen molar-refractivity contribution in [3.8, 4) is 0 Å². The normalized spacial score (nSPS) is 12.5. The maximum Gasteiger partial charge on any atom is 0.255 e. The summed E-state index contributed by atoms with van der Waals surface area (Å²) >= 11 is 3.18. The van der Waals surface area contributed by atoms with Crippen molar-refractivity contribution < 1.29 is 9.21 Å². The number of rotatable bonds is 5. The van der Waals surface area contributed by atoms with Crippen molar-refractivity contribution in [1.29, 1.82) is 0 Å². The third-order valence-corrected chi connectivity index (χ3v) is 2.84. The van der Waals surface area contributed by atoms with E-state index in [1.807, 2.05) is 6.92 Å². The lowest BCUT2D eigenvalue weighted by atomic mass is 10.1. The van der Waals surface area contributed by atoms with Crippen molar-refractivity contribution in [1.82, 2.24) is 5.32 Å². The molecule has 1 amide bonds. The van der Waals surface area contributed by atoms with Gasteiger partial charge in [-0.2, -0.15) is 0 Å². The van der Waals surface area contributed by atoms with Gasteiger partial charge in [0.15, 0.2) is 4.67 Å². The largest absolute Gasteiger partial charge is 0.457 e. The minimum absolute atomic E-state index is 0.0840. The summed E-state index contributed by atoms with van der Waals surface area (Å²) < 4.78 is 5.49. The maximum absolute atomic E-state index is 11.7. The third kappa shape index (κ3) is 3.70. The van der Waals surface area contributed by atoms with Crippen molar-refractivity contribution in [3.05, 3.63) is 22.6 Å². The van der Waals surface area contributed by atoms with Crippen LogP contribution in [0.15, 0.2) is 21.4 Å². The Morgan fingerprint density at radius 2 is 2.40 bits per heavy atom. The molecular weight excluding hydrogens is 258 g/mol. The van der Waals surface area contributed by atoms with Crippen LogP contribution in [0, 0.1) is 0 Å². The van der Waals surface area contributed by atoms with E-state index in [-0.39, 0.29) is 11.9 Å². The molecule has 84 valence electrons. The zero-order chi connectivity index (χ0) is 11.3. The smallest absolute Gasteiger partial charge is 0.255 e. The van der Waals surface area contributed by atoms with Gasteiger partial charge in [0, 0.05) is 6.04 Å². The molecule has 0 fully saturated rings. The zero-order valence-electron chi connectivity index (χ0n) is 9.05. The second kappa shape index (κ2) is 5.95. The monoisotopic (exact) mass is 273 g/mol. The Kier molecular flexibility index (Phi) is 4.88. The average Bonchev–Trinajstić information content (AvgIpc) is 2.61. The molecule has 1 aromatic heterocycles. The van der Waals surface area contributed by atoms with E-state index in [1.165, 1.54) is 6.26 Å². The van der Waals surface area contributed by atoms with Crippen LogP contribution >= 0.6 is 15.9 Å². The third-order valence-electron chi connectivity index (χ3n) is 2.23. The van der Waals surface area contributed by atoms with E-state index in [9.17, 15) is 4.79 Å². The first kappa shape index (κ1) is 12.3. The van der Waals surface area contributed by atoms with E-state index in [4.69, 9.17) is 4.42 Å². The van der Waals surface area contributed by atoms with Gasteiger partial charge in [-0.3, -0.25) is 4.79 Å². The topological polar surface area (TPSA) is 42.2 Å². The minimum atomic E-state index is -0.0840. The average molecular weight is 274 g/mol. The number of nitrogens with one attached hydrogen (secondary N) is 1. The van der Waals surface area contributed by atoms with Crippen LogP contribution in [0.3, 0.4) is 0 Å². The van der Waals surface area contributed by atoms with Crippen LogP contribution in [0.1, 0.15) is 43.5 Å². The molecule has 1 heterocycles. The summed E-state index contributed by atoms with van der Waals surface area (Å²) in [6.07, 6.45) is 4.79. The van der Waals surface area contributed by atoms with Crippen molar-refractivity contribution in [3.63, 3.8) is 0 Å². The van der Waals surface area contributed by atoms with E-state index >= 15 is 0 Å². The molecule has 0 spiro atoms. The van der Waals surface area contributed by atoms with Crippen molar-refractivity contribution in [2.45, 2.75) is 39.2 Å². The van der Waals surface area contributed by atoms with Gasteiger partial charge in [0.25, 0.3) is 5.91 Å². The first-order valence-electron chi connectivity index (χ1n) is 5.19. The summed E-state index contributed by atoms with van der Waals surface area (Å²) in [6.45, 7) is 4.16. The highest BCUT2D eigenvalue weighted by molar-refractivity contribution is 9.10. The van der Waals surface area contributed by atoms with E-state index in [1.54, 1.807) is 6.07 Å². The highest BCUT2D eigenvalue weighted by Gasteiger charge is 2.14. The number of carbonyl (C=O) groups is 1. The van der Waals surface area contributed by atoms with Gasteiger partial charge in [-0.1, -0.05) is 19.8 Å². The lowest BCUT2D eigenvalue weighted by Crippen LogP contribution is -2.32. The summed E-state index contributed by atoms with van der Waals surface area (Å²) in [4.78, 5) is 11.7. The molecule has 0 bridgehead atoms. The van der Waals surface area contributed by atoms with Crippen molar-refractivity contribution >= 4 is 21.8 Å². The van der Waals surface area contributed by atoms with Crippen LogP contribution in [0.2, 0.25) is 0 Å². The van der Waals surface area contributed by atoms with Gasteiger partial charge in [-0.05, 0) is 35.3 Å². The summed E-state index contributed by atoms with van der Waals surface area (Å²) in [6, 6.07) is 1.87. The first-order chi connectivity index (χ1) is 7.15. The van der Waals surface area contributed by atoms with Gasteiger partial charge < -0.3 is 9.73 Å². The predicted octanol–water partition coefficient (Wildman–Crippen LogP) is 3.35. The lowest BCUT2D eigenvalue weighted by Gasteiger charge is -2.12. The van der Waals surface area contributed by atoms with Gasteiger partial charge >= 0.3 is 0 Å². The van der Waals surface area contributed by atoms with E-state index < -0.39 is 0 Å². The molecule has 0 aliphatic heterocycles. The van der Waals surface area contributed by atoms with Crippen LogP contribution in [-0.4, -0.2) is 11.9 Å². The number of amides is 1. The Bertz CT molecular complexity index is 322. The number of hydrogen-bond acceptors (Lipinski definition) is 2. The summed E-state index contributed by atoms with van der Waals surface area (Å²) in [5.41, 5.74) is 0.554. The van der Waals surface area contributed by atoms with Crippen LogP contribution in [0.5, 0.6) is 0 Å².